The summed E-state index contributed by atoms with van der Waals surface area (Å²) in [6.45, 7) is 1.21. The topological polar surface area (TPSA) is 38.1 Å². The molecule has 1 aromatic heterocycles. The van der Waals surface area contributed by atoms with E-state index in [-0.39, 0.29) is 11.4 Å². The number of aryl methyl sites for hydroxylation is 1. The van der Waals surface area contributed by atoms with Crippen LogP contribution >= 0.6 is 0 Å². The molecule has 0 aliphatic heterocycles. The molecule has 1 heterocycles. The maximum Gasteiger partial charge on any atom is 0.273 e. The molecule has 1 saturated carbocycles. The Morgan fingerprint density at radius 2 is 1.84 bits per heavy atom. The highest BCUT2D eigenvalue weighted by Crippen LogP contribution is 2.29. The van der Waals surface area contributed by atoms with Gasteiger partial charge in [-0.15, -0.1) is 0 Å². The Balaban J connectivity index is 1.64. The summed E-state index contributed by atoms with van der Waals surface area (Å²) in [5, 5.41) is 0. The van der Waals surface area contributed by atoms with Gasteiger partial charge >= 0.3 is 0 Å². The van der Waals surface area contributed by atoms with Crippen LogP contribution in [0.4, 0.5) is 4.39 Å². The minimum Gasteiger partial charge on any atom is -0.308 e. The van der Waals surface area contributed by atoms with E-state index in [4.69, 9.17) is 0 Å². The van der Waals surface area contributed by atoms with Gasteiger partial charge in [0.25, 0.3) is 5.56 Å². The molecule has 1 aliphatic rings. The first-order chi connectivity index (χ1) is 12.1. The normalized spacial score (nSPS) is 14.4. The monoisotopic (exact) mass is 337 g/mol. The number of aromatic nitrogens is 2. The second-order valence-electron chi connectivity index (χ2n) is 6.67. The molecule has 25 heavy (non-hydrogen) atoms. The molecular weight excluding hydrogens is 317 g/mol. The van der Waals surface area contributed by atoms with Crippen molar-refractivity contribution < 1.29 is 4.39 Å². The molecule has 0 amide bonds. The van der Waals surface area contributed by atoms with Crippen LogP contribution in [0.3, 0.4) is 0 Å². The molecule has 0 N–H and O–H groups in total. The average molecular weight is 337 g/mol. The van der Waals surface area contributed by atoms with Gasteiger partial charge in [-0.3, -0.25) is 9.69 Å². The fraction of sp³-hybridized carbons (Fsp3) is 0.300. The van der Waals surface area contributed by atoms with E-state index in [1.165, 1.54) is 12.1 Å². The van der Waals surface area contributed by atoms with Crippen molar-refractivity contribution in [2.45, 2.75) is 32.0 Å². The Hall–Kier alpha value is -2.53. The zero-order chi connectivity index (χ0) is 17.4. The molecule has 4 rings (SSSR count). The summed E-state index contributed by atoms with van der Waals surface area (Å²) in [7, 11) is 1.79. The molecule has 0 spiro atoms. The fourth-order valence-corrected chi connectivity index (χ4v) is 3.21. The molecule has 0 atom stereocenters. The molecule has 0 radical (unpaired) electrons. The summed E-state index contributed by atoms with van der Waals surface area (Å²) in [5.74, 6) is -0.230. The van der Waals surface area contributed by atoms with Crippen LogP contribution in [0.5, 0.6) is 0 Å². The highest BCUT2D eigenvalue weighted by atomic mass is 19.1. The Bertz CT molecular complexity index is 961. The van der Waals surface area contributed by atoms with Crippen LogP contribution < -0.4 is 5.56 Å². The van der Waals surface area contributed by atoms with Crippen LogP contribution in [0.15, 0.2) is 53.3 Å². The standard InChI is InChI=1S/C20H20FN3O/c1-23-19-5-3-2-4-17(19)22-18(20(23)25)13-24(16-10-11-16)12-14-6-8-15(21)9-7-14/h2-9,16H,10-13H2,1H3. The van der Waals surface area contributed by atoms with Crippen LogP contribution in [0.25, 0.3) is 11.0 Å². The zero-order valence-electron chi connectivity index (χ0n) is 14.2. The van der Waals surface area contributed by atoms with E-state index in [2.05, 4.69) is 9.88 Å². The van der Waals surface area contributed by atoms with E-state index >= 15 is 0 Å². The highest BCUT2D eigenvalue weighted by molar-refractivity contribution is 5.74. The quantitative estimate of drug-likeness (QED) is 0.717. The molecule has 0 bridgehead atoms. The lowest BCUT2D eigenvalue weighted by atomic mass is 10.2. The number of para-hydroxylation sites is 2. The number of hydrogen-bond donors (Lipinski definition) is 0. The Kier molecular flexibility index (Phi) is 4.09. The van der Waals surface area contributed by atoms with E-state index in [9.17, 15) is 9.18 Å². The number of nitrogens with zero attached hydrogens (tertiary/aromatic N) is 3. The summed E-state index contributed by atoms with van der Waals surface area (Å²) < 4.78 is 14.8. The minimum atomic E-state index is -0.230. The minimum absolute atomic E-state index is 0.0524. The van der Waals surface area contributed by atoms with Gasteiger partial charge in [0.2, 0.25) is 0 Å². The van der Waals surface area contributed by atoms with Crippen molar-refractivity contribution in [3.05, 3.63) is 76.0 Å². The van der Waals surface area contributed by atoms with Crippen LogP contribution in [-0.4, -0.2) is 20.5 Å². The van der Waals surface area contributed by atoms with Gasteiger partial charge in [0.1, 0.15) is 11.5 Å². The molecule has 128 valence electrons. The van der Waals surface area contributed by atoms with E-state index in [0.29, 0.717) is 24.8 Å². The van der Waals surface area contributed by atoms with Crippen molar-refractivity contribution in [3.63, 3.8) is 0 Å². The van der Waals surface area contributed by atoms with E-state index in [1.54, 1.807) is 23.7 Å². The maximum absolute atomic E-state index is 13.1. The molecule has 5 heteroatoms. The van der Waals surface area contributed by atoms with Crippen molar-refractivity contribution in [2.24, 2.45) is 7.05 Å². The van der Waals surface area contributed by atoms with Gasteiger partial charge in [-0.25, -0.2) is 9.37 Å². The van der Waals surface area contributed by atoms with Gasteiger partial charge in [-0.1, -0.05) is 24.3 Å². The van der Waals surface area contributed by atoms with Crippen LogP contribution in [-0.2, 0) is 20.1 Å². The summed E-state index contributed by atoms with van der Waals surface area (Å²) >= 11 is 0. The van der Waals surface area contributed by atoms with Gasteiger partial charge in [0.15, 0.2) is 0 Å². The van der Waals surface area contributed by atoms with Gasteiger partial charge in [0.05, 0.1) is 11.0 Å². The Morgan fingerprint density at radius 1 is 1.12 bits per heavy atom. The first-order valence-electron chi connectivity index (χ1n) is 8.55. The number of fused-ring (bicyclic) bond motifs is 1. The van der Waals surface area contributed by atoms with Crippen molar-refractivity contribution in [3.8, 4) is 0 Å². The summed E-state index contributed by atoms with van der Waals surface area (Å²) in [5.41, 5.74) is 3.23. The lowest BCUT2D eigenvalue weighted by Crippen LogP contribution is -2.31. The molecule has 3 aromatic rings. The Morgan fingerprint density at radius 3 is 2.56 bits per heavy atom. The highest BCUT2D eigenvalue weighted by Gasteiger charge is 2.30. The Labute approximate surface area is 145 Å². The average Bonchev–Trinajstić information content (AvgIpc) is 3.46. The molecule has 0 unspecified atom stereocenters. The van der Waals surface area contributed by atoms with E-state index < -0.39 is 0 Å². The smallest absolute Gasteiger partial charge is 0.273 e. The number of hydrogen-bond acceptors (Lipinski definition) is 3. The third kappa shape index (κ3) is 3.33. The van der Waals surface area contributed by atoms with Crippen molar-refractivity contribution in [1.82, 2.24) is 14.5 Å². The van der Waals surface area contributed by atoms with Gasteiger partial charge in [0, 0.05) is 26.2 Å². The van der Waals surface area contributed by atoms with Gasteiger partial charge < -0.3 is 4.57 Å². The maximum atomic E-state index is 13.1. The van der Waals surface area contributed by atoms with Gasteiger partial charge in [-0.2, -0.15) is 0 Å². The fourth-order valence-electron chi connectivity index (χ4n) is 3.21. The van der Waals surface area contributed by atoms with Crippen molar-refractivity contribution >= 4 is 11.0 Å². The third-order valence-electron chi connectivity index (χ3n) is 4.77. The van der Waals surface area contributed by atoms with Crippen molar-refractivity contribution in [1.29, 1.82) is 0 Å². The molecule has 2 aromatic carbocycles. The van der Waals surface area contributed by atoms with Gasteiger partial charge in [-0.05, 0) is 42.7 Å². The first kappa shape index (κ1) is 16.0. The number of rotatable bonds is 5. The second-order valence-corrected chi connectivity index (χ2v) is 6.67. The van der Waals surface area contributed by atoms with Crippen LogP contribution in [0.2, 0.25) is 0 Å². The first-order valence-corrected chi connectivity index (χ1v) is 8.55. The SMILES string of the molecule is Cn1c(=O)c(CN(Cc2ccc(F)cc2)C2CC2)nc2ccccc21. The zero-order valence-corrected chi connectivity index (χ0v) is 14.2. The van der Waals surface area contributed by atoms with Crippen molar-refractivity contribution in [2.75, 3.05) is 0 Å². The molecule has 1 fully saturated rings. The van der Waals surface area contributed by atoms with Crippen LogP contribution in [0.1, 0.15) is 24.1 Å². The summed E-state index contributed by atoms with van der Waals surface area (Å²) in [6.07, 6.45) is 2.27. The van der Waals surface area contributed by atoms with Crippen LogP contribution in [0, 0.1) is 5.82 Å². The predicted octanol–water partition coefficient (Wildman–Crippen LogP) is 3.24. The third-order valence-corrected chi connectivity index (χ3v) is 4.77. The lowest BCUT2D eigenvalue weighted by molar-refractivity contribution is 0.241. The summed E-state index contributed by atoms with van der Waals surface area (Å²) in [4.78, 5) is 19.6. The van der Waals surface area contributed by atoms with E-state index in [0.717, 1.165) is 29.4 Å². The van der Waals surface area contributed by atoms with E-state index in [1.807, 2.05) is 24.3 Å². The molecule has 0 saturated heterocycles. The number of halogens is 1. The molecule has 1 aliphatic carbocycles. The largest absolute Gasteiger partial charge is 0.308 e. The lowest BCUT2D eigenvalue weighted by Gasteiger charge is -2.22. The molecule has 4 nitrogen and oxygen atoms in total. The molecular formula is C20H20FN3O. The summed E-state index contributed by atoms with van der Waals surface area (Å²) in [6, 6.07) is 14.7. The number of benzene rings is 2. The second kappa shape index (κ2) is 6.41. The predicted molar refractivity (Wildman–Crippen MR) is 95.7 cm³/mol.